The highest BCUT2D eigenvalue weighted by Gasteiger charge is 2.33. The molecule has 1 aliphatic carbocycles. The standard InChI is InChI=1S/C22H29N3O3/c1-14(2)13-24(18-9-10-18)22(28)17-5-7-19(8-6-17)25-16(4)20(15(3)23-25)11-12-21(26)27/h5-8,14,18H,9-13H2,1-4H3,(H,26,27). The Balaban J connectivity index is 1.80. The minimum atomic E-state index is -0.809. The Hall–Kier alpha value is -2.63. The normalized spacial score (nSPS) is 13.8. The number of carbonyl (C=O) groups is 2. The molecule has 0 aliphatic heterocycles. The van der Waals surface area contributed by atoms with Crippen LogP contribution in [0.3, 0.4) is 0 Å². The van der Waals surface area contributed by atoms with Crippen molar-refractivity contribution in [2.24, 2.45) is 5.92 Å². The molecule has 150 valence electrons. The number of aliphatic carboxylic acids is 1. The maximum absolute atomic E-state index is 12.9. The van der Waals surface area contributed by atoms with E-state index in [0.717, 1.165) is 42.0 Å². The van der Waals surface area contributed by atoms with E-state index in [9.17, 15) is 9.59 Å². The first-order valence-corrected chi connectivity index (χ1v) is 9.96. The molecule has 1 aliphatic rings. The molecule has 0 atom stereocenters. The molecule has 28 heavy (non-hydrogen) atoms. The number of hydrogen-bond donors (Lipinski definition) is 1. The van der Waals surface area contributed by atoms with Crippen molar-refractivity contribution >= 4 is 11.9 Å². The van der Waals surface area contributed by atoms with E-state index in [1.807, 2.05) is 47.7 Å². The summed E-state index contributed by atoms with van der Waals surface area (Å²) < 4.78 is 1.83. The maximum atomic E-state index is 12.9. The second kappa shape index (κ2) is 8.17. The van der Waals surface area contributed by atoms with Gasteiger partial charge in [0.1, 0.15) is 0 Å². The number of hydrogen-bond acceptors (Lipinski definition) is 3. The molecule has 1 fully saturated rings. The van der Waals surface area contributed by atoms with Crippen molar-refractivity contribution in [1.29, 1.82) is 0 Å². The Kier molecular flexibility index (Phi) is 5.87. The van der Waals surface area contributed by atoms with Gasteiger partial charge in [0.2, 0.25) is 0 Å². The first kappa shape index (κ1) is 20.1. The smallest absolute Gasteiger partial charge is 0.303 e. The monoisotopic (exact) mass is 383 g/mol. The van der Waals surface area contributed by atoms with Gasteiger partial charge < -0.3 is 10.0 Å². The second-order valence-electron chi connectivity index (χ2n) is 8.08. The van der Waals surface area contributed by atoms with Gasteiger partial charge in [0.25, 0.3) is 5.91 Å². The molecule has 1 aromatic carbocycles. The third-order valence-electron chi connectivity index (χ3n) is 5.20. The minimum Gasteiger partial charge on any atom is -0.481 e. The van der Waals surface area contributed by atoms with E-state index in [2.05, 4.69) is 18.9 Å². The topological polar surface area (TPSA) is 75.4 Å². The Bertz CT molecular complexity index is 864. The van der Waals surface area contributed by atoms with Gasteiger partial charge >= 0.3 is 5.97 Å². The zero-order chi connectivity index (χ0) is 20.4. The summed E-state index contributed by atoms with van der Waals surface area (Å²) in [6, 6.07) is 7.94. The van der Waals surface area contributed by atoms with E-state index in [0.29, 0.717) is 23.9 Å². The van der Waals surface area contributed by atoms with Crippen molar-refractivity contribution < 1.29 is 14.7 Å². The van der Waals surface area contributed by atoms with Crippen LogP contribution in [0, 0.1) is 19.8 Å². The predicted octanol–water partition coefficient (Wildman–Crippen LogP) is 3.77. The van der Waals surface area contributed by atoms with Crippen molar-refractivity contribution in [2.45, 2.75) is 59.4 Å². The van der Waals surface area contributed by atoms with Gasteiger partial charge in [0, 0.05) is 30.3 Å². The number of amides is 1. The maximum Gasteiger partial charge on any atom is 0.303 e. The lowest BCUT2D eigenvalue weighted by Gasteiger charge is -2.24. The molecule has 1 aromatic heterocycles. The molecule has 1 saturated carbocycles. The molecule has 2 aromatic rings. The third kappa shape index (κ3) is 4.43. The number of carboxylic acid groups (broad SMARTS) is 1. The molecule has 0 radical (unpaired) electrons. The number of aromatic nitrogens is 2. The van der Waals surface area contributed by atoms with Crippen molar-refractivity contribution in [3.05, 3.63) is 46.8 Å². The molecule has 3 rings (SSSR count). The first-order chi connectivity index (χ1) is 13.3. The van der Waals surface area contributed by atoms with E-state index >= 15 is 0 Å². The Morgan fingerprint density at radius 2 is 1.86 bits per heavy atom. The van der Waals surface area contributed by atoms with Gasteiger partial charge in [-0.15, -0.1) is 0 Å². The third-order valence-corrected chi connectivity index (χ3v) is 5.20. The first-order valence-electron chi connectivity index (χ1n) is 9.96. The summed E-state index contributed by atoms with van der Waals surface area (Å²) in [5, 5.41) is 13.5. The van der Waals surface area contributed by atoms with E-state index in [1.165, 1.54) is 0 Å². The molecular formula is C22H29N3O3. The van der Waals surface area contributed by atoms with Gasteiger partial charge in [0.05, 0.1) is 11.4 Å². The number of carbonyl (C=O) groups excluding carboxylic acids is 1. The van der Waals surface area contributed by atoms with Crippen LogP contribution in [0.2, 0.25) is 0 Å². The van der Waals surface area contributed by atoms with Gasteiger partial charge in [-0.1, -0.05) is 13.8 Å². The molecule has 0 unspecified atom stereocenters. The minimum absolute atomic E-state index is 0.0909. The van der Waals surface area contributed by atoms with Crippen LogP contribution in [0.4, 0.5) is 0 Å². The SMILES string of the molecule is Cc1nn(-c2ccc(C(=O)N(CC(C)C)C3CC3)cc2)c(C)c1CCC(=O)O. The summed E-state index contributed by atoms with van der Waals surface area (Å²) in [4.78, 5) is 25.8. The summed E-state index contributed by atoms with van der Waals surface area (Å²) in [5.74, 6) is -0.267. The Morgan fingerprint density at radius 3 is 2.39 bits per heavy atom. The average molecular weight is 383 g/mol. The molecule has 6 nitrogen and oxygen atoms in total. The van der Waals surface area contributed by atoms with Gasteiger partial charge in [-0.25, -0.2) is 4.68 Å². The highest BCUT2D eigenvalue weighted by Crippen LogP contribution is 2.29. The van der Waals surface area contributed by atoms with Crippen LogP contribution in [0.25, 0.3) is 5.69 Å². The lowest BCUT2D eigenvalue weighted by molar-refractivity contribution is -0.136. The zero-order valence-corrected chi connectivity index (χ0v) is 17.1. The number of nitrogens with zero attached hydrogens (tertiary/aromatic N) is 3. The van der Waals surface area contributed by atoms with Crippen LogP contribution < -0.4 is 0 Å². The number of rotatable bonds is 8. The lowest BCUT2D eigenvalue weighted by Crippen LogP contribution is -2.36. The highest BCUT2D eigenvalue weighted by atomic mass is 16.4. The van der Waals surface area contributed by atoms with Crippen LogP contribution in [0.1, 0.15) is 60.4 Å². The fourth-order valence-corrected chi connectivity index (χ4v) is 3.61. The van der Waals surface area contributed by atoms with Crippen LogP contribution in [0.15, 0.2) is 24.3 Å². The van der Waals surface area contributed by atoms with Gasteiger partial charge in [-0.2, -0.15) is 5.10 Å². The van der Waals surface area contributed by atoms with Crippen LogP contribution >= 0.6 is 0 Å². The summed E-state index contributed by atoms with van der Waals surface area (Å²) in [6.07, 6.45) is 2.76. The van der Waals surface area contributed by atoms with Gasteiger partial charge in [0.15, 0.2) is 0 Å². The molecule has 0 saturated heterocycles. The van der Waals surface area contributed by atoms with Gasteiger partial charge in [-0.05, 0) is 68.9 Å². The number of benzene rings is 1. The second-order valence-corrected chi connectivity index (χ2v) is 8.08. The predicted molar refractivity (Wildman–Crippen MR) is 108 cm³/mol. The number of aryl methyl sites for hydroxylation is 1. The molecule has 0 bridgehead atoms. The van der Waals surface area contributed by atoms with Gasteiger partial charge in [-0.3, -0.25) is 9.59 Å². The highest BCUT2D eigenvalue weighted by molar-refractivity contribution is 5.94. The molecule has 6 heteroatoms. The van der Waals surface area contributed by atoms with Crippen molar-refractivity contribution in [3.8, 4) is 5.69 Å². The summed E-state index contributed by atoms with van der Waals surface area (Å²) in [6.45, 7) is 8.91. The summed E-state index contributed by atoms with van der Waals surface area (Å²) >= 11 is 0. The van der Waals surface area contributed by atoms with E-state index in [4.69, 9.17) is 5.11 Å². The fraction of sp³-hybridized carbons (Fsp3) is 0.500. The lowest BCUT2D eigenvalue weighted by atomic mass is 10.1. The zero-order valence-electron chi connectivity index (χ0n) is 17.1. The van der Waals surface area contributed by atoms with E-state index in [1.54, 1.807) is 0 Å². The van der Waals surface area contributed by atoms with Crippen molar-refractivity contribution in [3.63, 3.8) is 0 Å². The molecule has 1 N–H and O–H groups in total. The Labute approximate surface area is 166 Å². The fourth-order valence-electron chi connectivity index (χ4n) is 3.61. The van der Waals surface area contributed by atoms with E-state index in [-0.39, 0.29) is 12.3 Å². The molecule has 1 amide bonds. The number of carboxylic acids is 1. The van der Waals surface area contributed by atoms with Crippen molar-refractivity contribution in [2.75, 3.05) is 6.54 Å². The largest absolute Gasteiger partial charge is 0.481 e. The summed E-state index contributed by atoms with van der Waals surface area (Å²) in [5.41, 5.74) is 4.33. The van der Waals surface area contributed by atoms with E-state index < -0.39 is 5.97 Å². The van der Waals surface area contributed by atoms with Crippen molar-refractivity contribution in [1.82, 2.24) is 14.7 Å². The summed E-state index contributed by atoms with van der Waals surface area (Å²) in [7, 11) is 0. The molecule has 0 spiro atoms. The van der Waals surface area contributed by atoms with Crippen LogP contribution in [-0.4, -0.2) is 44.3 Å². The molecule has 1 heterocycles. The van der Waals surface area contributed by atoms with Crippen LogP contribution in [-0.2, 0) is 11.2 Å². The Morgan fingerprint density at radius 1 is 1.21 bits per heavy atom. The molecular weight excluding hydrogens is 354 g/mol. The van der Waals surface area contributed by atoms with Crippen LogP contribution in [0.5, 0.6) is 0 Å². The quantitative estimate of drug-likeness (QED) is 0.753. The average Bonchev–Trinajstić information content (AvgIpc) is 3.44.